The number of nitrogens with zero attached hydrogens (tertiary/aromatic N) is 1. The van der Waals surface area contributed by atoms with Crippen molar-refractivity contribution in [3.05, 3.63) is 57.3 Å². The maximum Gasteiger partial charge on any atom is 0.128 e. The third-order valence-electron chi connectivity index (χ3n) is 2.94. The van der Waals surface area contributed by atoms with E-state index in [1.807, 2.05) is 35.9 Å². The molecule has 0 bridgehead atoms. The molecule has 1 atom stereocenters. The maximum absolute atomic E-state index is 13.9. The molecular weight excluding hydrogens is 349 g/mol. The van der Waals surface area contributed by atoms with E-state index in [4.69, 9.17) is 11.6 Å². The molecule has 0 fully saturated rings. The van der Waals surface area contributed by atoms with E-state index < -0.39 is 10.9 Å². The molecule has 0 saturated heterocycles. The summed E-state index contributed by atoms with van der Waals surface area (Å²) in [6.07, 6.45) is 0. The highest BCUT2D eigenvalue weighted by molar-refractivity contribution is 9.10. The van der Waals surface area contributed by atoms with E-state index in [1.165, 1.54) is 6.07 Å². The number of hydrogen-bond donors (Lipinski definition) is 1. The molecule has 1 aliphatic heterocycles. The summed E-state index contributed by atoms with van der Waals surface area (Å²) >= 11 is 9.28. The predicted octanol–water partition coefficient (Wildman–Crippen LogP) is 5.48. The first-order valence-electron chi connectivity index (χ1n) is 5.68. The van der Waals surface area contributed by atoms with Crippen molar-refractivity contribution in [1.29, 1.82) is 0 Å². The molecule has 1 unspecified atom stereocenters. The number of benzene rings is 2. The lowest BCUT2D eigenvalue weighted by molar-refractivity contribution is 0.616. The standard InChI is InChI=1S/C14H10BrClFNS/c15-10-2-1-9(12(17)5-10)7-19-8-18-13-4-3-11(16)6-14(13)19/h1-6,8,19H,7H2. The van der Waals surface area contributed by atoms with Crippen molar-refractivity contribution in [3.8, 4) is 0 Å². The zero-order valence-electron chi connectivity index (χ0n) is 9.78. The second-order valence-electron chi connectivity index (χ2n) is 4.24. The largest absolute Gasteiger partial charge is 0.250 e. The second kappa shape index (κ2) is 5.27. The molecule has 0 amide bonds. The zero-order chi connectivity index (χ0) is 13.4. The van der Waals surface area contributed by atoms with Crippen molar-refractivity contribution in [2.45, 2.75) is 10.6 Å². The molecule has 1 heterocycles. The lowest BCUT2D eigenvalue weighted by Crippen LogP contribution is -1.92. The summed E-state index contributed by atoms with van der Waals surface area (Å²) in [5.41, 5.74) is 3.60. The summed E-state index contributed by atoms with van der Waals surface area (Å²) < 4.78 is 14.6. The third-order valence-corrected chi connectivity index (χ3v) is 5.72. The summed E-state index contributed by atoms with van der Waals surface area (Å²) in [7, 11) is -0.611. The molecule has 0 N–H and O–H groups in total. The van der Waals surface area contributed by atoms with Crippen molar-refractivity contribution in [3.63, 3.8) is 0 Å². The van der Waals surface area contributed by atoms with Gasteiger partial charge in [-0.25, -0.2) is 4.39 Å². The predicted molar refractivity (Wildman–Crippen MR) is 84.7 cm³/mol. The molecule has 2 aromatic rings. The van der Waals surface area contributed by atoms with E-state index in [9.17, 15) is 4.39 Å². The highest BCUT2D eigenvalue weighted by atomic mass is 79.9. The minimum Gasteiger partial charge on any atom is -0.250 e. The molecule has 5 heteroatoms. The van der Waals surface area contributed by atoms with Crippen LogP contribution in [0.25, 0.3) is 0 Å². The maximum atomic E-state index is 13.9. The Morgan fingerprint density at radius 3 is 2.84 bits per heavy atom. The van der Waals surface area contributed by atoms with Gasteiger partial charge in [-0.3, -0.25) is 4.99 Å². The Labute approximate surface area is 127 Å². The van der Waals surface area contributed by atoms with Gasteiger partial charge in [0.05, 0.1) is 5.69 Å². The van der Waals surface area contributed by atoms with Gasteiger partial charge in [0.25, 0.3) is 0 Å². The summed E-state index contributed by atoms with van der Waals surface area (Å²) in [5.74, 6) is 0.478. The molecule has 0 radical (unpaired) electrons. The Balaban J connectivity index is 1.90. The van der Waals surface area contributed by atoms with E-state index in [-0.39, 0.29) is 5.82 Å². The van der Waals surface area contributed by atoms with Crippen LogP contribution in [0.4, 0.5) is 10.1 Å². The first kappa shape index (κ1) is 13.2. The Bertz CT molecular complexity index is 674. The first-order valence-corrected chi connectivity index (χ1v) is 8.44. The number of rotatable bonds is 2. The molecule has 3 rings (SSSR count). The normalized spacial score (nSPS) is 18.6. The van der Waals surface area contributed by atoms with Crippen molar-refractivity contribution in [1.82, 2.24) is 0 Å². The molecular formula is C14H10BrClFNS. The number of thiol groups is 1. The fraction of sp³-hybridized carbons (Fsp3) is 0.0714. The van der Waals surface area contributed by atoms with E-state index in [0.29, 0.717) is 16.3 Å². The van der Waals surface area contributed by atoms with Crippen molar-refractivity contribution in [2.24, 2.45) is 4.99 Å². The highest BCUT2D eigenvalue weighted by Crippen LogP contribution is 2.49. The fourth-order valence-electron chi connectivity index (χ4n) is 1.99. The molecule has 1 aliphatic rings. The van der Waals surface area contributed by atoms with Crippen LogP contribution in [-0.4, -0.2) is 5.55 Å². The van der Waals surface area contributed by atoms with Gasteiger partial charge in [-0.2, -0.15) is 10.9 Å². The van der Waals surface area contributed by atoms with Crippen LogP contribution in [0.3, 0.4) is 0 Å². The second-order valence-corrected chi connectivity index (χ2v) is 7.56. The quantitative estimate of drug-likeness (QED) is 0.683. The van der Waals surface area contributed by atoms with E-state index in [2.05, 4.69) is 20.9 Å². The third kappa shape index (κ3) is 2.71. The number of halogens is 3. The summed E-state index contributed by atoms with van der Waals surface area (Å²) in [6.45, 7) is 0. The molecule has 2 aromatic carbocycles. The lowest BCUT2D eigenvalue weighted by Gasteiger charge is -2.14. The smallest absolute Gasteiger partial charge is 0.128 e. The van der Waals surface area contributed by atoms with Crippen LogP contribution in [-0.2, 0) is 5.75 Å². The van der Waals surface area contributed by atoms with Gasteiger partial charge in [-0.15, -0.1) is 0 Å². The van der Waals surface area contributed by atoms with Crippen LogP contribution in [0.1, 0.15) is 5.56 Å². The average molecular weight is 359 g/mol. The summed E-state index contributed by atoms with van der Waals surface area (Å²) in [6, 6.07) is 10.9. The van der Waals surface area contributed by atoms with Gasteiger partial charge in [-0.1, -0.05) is 33.6 Å². The van der Waals surface area contributed by atoms with Gasteiger partial charge in [0.1, 0.15) is 5.82 Å². The van der Waals surface area contributed by atoms with Crippen molar-refractivity contribution in [2.75, 3.05) is 0 Å². The molecule has 0 spiro atoms. The Morgan fingerprint density at radius 2 is 2.05 bits per heavy atom. The molecule has 0 aliphatic carbocycles. The molecule has 98 valence electrons. The van der Waals surface area contributed by atoms with Gasteiger partial charge in [0, 0.05) is 25.7 Å². The van der Waals surface area contributed by atoms with Gasteiger partial charge in [0.15, 0.2) is 0 Å². The van der Waals surface area contributed by atoms with Crippen LogP contribution in [0.5, 0.6) is 0 Å². The van der Waals surface area contributed by atoms with Crippen LogP contribution in [0, 0.1) is 5.82 Å². The Morgan fingerprint density at radius 1 is 1.21 bits per heavy atom. The molecule has 1 nitrogen and oxygen atoms in total. The highest BCUT2D eigenvalue weighted by Gasteiger charge is 2.17. The van der Waals surface area contributed by atoms with E-state index in [1.54, 1.807) is 0 Å². The van der Waals surface area contributed by atoms with Crippen LogP contribution < -0.4 is 0 Å². The number of aliphatic imine (C=N–C) groups is 1. The zero-order valence-corrected chi connectivity index (χ0v) is 13.0. The summed E-state index contributed by atoms with van der Waals surface area (Å²) in [4.78, 5) is 5.51. The van der Waals surface area contributed by atoms with Gasteiger partial charge in [-0.05, 0) is 35.9 Å². The minimum atomic E-state index is -0.611. The van der Waals surface area contributed by atoms with E-state index in [0.717, 1.165) is 15.1 Å². The van der Waals surface area contributed by atoms with Gasteiger partial charge < -0.3 is 0 Å². The SMILES string of the molecule is Fc1cc(Br)ccc1C[SH]1C=Nc2ccc(Cl)cc21. The van der Waals surface area contributed by atoms with Crippen molar-refractivity contribution < 1.29 is 4.39 Å². The first-order chi connectivity index (χ1) is 9.13. The average Bonchev–Trinajstić information content (AvgIpc) is 2.75. The molecule has 0 aromatic heterocycles. The lowest BCUT2D eigenvalue weighted by atomic mass is 10.2. The fourth-order valence-corrected chi connectivity index (χ4v) is 4.57. The molecule has 19 heavy (non-hydrogen) atoms. The van der Waals surface area contributed by atoms with Crippen LogP contribution in [0.2, 0.25) is 5.02 Å². The number of hydrogen-bond acceptors (Lipinski definition) is 1. The topological polar surface area (TPSA) is 12.4 Å². The minimum absolute atomic E-state index is 0.180. The van der Waals surface area contributed by atoms with Crippen molar-refractivity contribution >= 4 is 49.7 Å². The van der Waals surface area contributed by atoms with E-state index >= 15 is 0 Å². The van der Waals surface area contributed by atoms with Gasteiger partial charge in [0.2, 0.25) is 0 Å². The Kier molecular flexibility index (Phi) is 3.65. The monoisotopic (exact) mass is 357 g/mol. The summed E-state index contributed by atoms with van der Waals surface area (Å²) in [5, 5.41) is 0.702. The van der Waals surface area contributed by atoms with Gasteiger partial charge >= 0.3 is 0 Å². The molecule has 0 saturated carbocycles. The Hall–Kier alpha value is -0.840. The van der Waals surface area contributed by atoms with Crippen LogP contribution in [0.15, 0.2) is 50.8 Å². The van der Waals surface area contributed by atoms with Crippen LogP contribution >= 0.6 is 38.4 Å². The number of fused-ring (bicyclic) bond motifs is 1.